The summed E-state index contributed by atoms with van der Waals surface area (Å²) in [6.07, 6.45) is 5.84. The first-order valence-electron chi connectivity index (χ1n) is 11.0. The summed E-state index contributed by atoms with van der Waals surface area (Å²) < 4.78 is 8.83. The molecule has 0 unspecified atom stereocenters. The average molecular weight is 448 g/mol. The molecule has 2 aromatic heterocycles. The van der Waals surface area contributed by atoms with Gasteiger partial charge in [0.25, 0.3) is 0 Å². The van der Waals surface area contributed by atoms with E-state index in [2.05, 4.69) is 78.6 Å². The van der Waals surface area contributed by atoms with Crippen LogP contribution in [0.2, 0.25) is 18.1 Å². The Hall–Kier alpha value is -2.90. The predicted octanol–water partition coefficient (Wildman–Crippen LogP) is 5.37. The molecule has 0 saturated heterocycles. The van der Waals surface area contributed by atoms with Gasteiger partial charge in [0, 0.05) is 28.9 Å². The molecule has 0 radical (unpaired) electrons. The second-order valence-corrected chi connectivity index (χ2v) is 14.6. The van der Waals surface area contributed by atoms with E-state index < -0.39 is 8.32 Å². The highest BCUT2D eigenvalue weighted by atomic mass is 28.4. The first-order valence-corrected chi connectivity index (χ1v) is 13.9. The van der Waals surface area contributed by atoms with Crippen LogP contribution in [0.3, 0.4) is 0 Å². The largest absolute Gasteiger partial charge is 0.409 e. The van der Waals surface area contributed by atoms with Gasteiger partial charge in [-0.2, -0.15) is 0 Å². The smallest absolute Gasteiger partial charge is 0.192 e. The lowest BCUT2D eigenvalue weighted by molar-refractivity contribution is 0.205. The molecule has 1 atom stereocenters. The summed E-state index contributed by atoms with van der Waals surface area (Å²) in [4.78, 5) is 9.08. The lowest BCUT2D eigenvalue weighted by Crippen LogP contribution is -2.44. The minimum atomic E-state index is -1.94. The molecular formula is C25H33N5OSi. The van der Waals surface area contributed by atoms with Crippen molar-refractivity contribution in [2.75, 3.05) is 12.0 Å². The molecule has 168 valence electrons. The lowest BCUT2D eigenvalue weighted by Gasteiger charge is -2.38. The number of aliphatic imine (C=N–C) groups is 1. The van der Waals surface area contributed by atoms with Crippen LogP contribution >= 0.6 is 0 Å². The van der Waals surface area contributed by atoms with E-state index in [-0.39, 0.29) is 11.1 Å². The van der Waals surface area contributed by atoms with Crippen LogP contribution in [0.5, 0.6) is 0 Å². The van der Waals surface area contributed by atoms with Crippen molar-refractivity contribution in [3.05, 3.63) is 60.9 Å². The second kappa shape index (κ2) is 8.22. The zero-order valence-electron chi connectivity index (χ0n) is 19.6. The third-order valence-corrected chi connectivity index (χ3v) is 11.1. The fraction of sp³-hybridized carbons (Fsp3) is 0.360. The molecule has 6 nitrogen and oxygen atoms in total. The molecule has 1 aliphatic heterocycles. The first-order chi connectivity index (χ1) is 15.1. The van der Waals surface area contributed by atoms with Crippen molar-refractivity contribution < 1.29 is 4.43 Å². The molecule has 7 heteroatoms. The van der Waals surface area contributed by atoms with Gasteiger partial charge in [0.05, 0.1) is 23.7 Å². The van der Waals surface area contributed by atoms with Gasteiger partial charge in [-0.3, -0.25) is 4.98 Å². The Labute approximate surface area is 191 Å². The van der Waals surface area contributed by atoms with E-state index in [0.29, 0.717) is 19.0 Å². The summed E-state index contributed by atoms with van der Waals surface area (Å²) in [5.41, 5.74) is 10.3. The zero-order chi connectivity index (χ0) is 23.1. The van der Waals surface area contributed by atoms with Crippen molar-refractivity contribution in [1.29, 1.82) is 0 Å². The van der Waals surface area contributed by atoms with Crippen LogP contribution in [-0.2, 0) is 11.0 Å². The minimum Gasteiger partial charge on any atom is -0.409 e. The molecule has 32 heavy (non-hydrogen) atoms. The number of benzene rings is 1. The van der Waals surface area contributed by atoms with Crippen LogP contribution < -0.4 is 11.1 Å². The van der Waals surface area contributed by atoms with Crippen LogP contribution in [0.15, 0.2) is 60.4 Å². The van der Waals surface area contributed by atoms with Gasteiger partial charge in [-0.15, -0.1) is 6.58 Å². The fourth-order valence-electron chi connectivity index (χ4n) is 3.77. The van der Waals surface area contributed by atoms with E-state index >= 15 is 0 Å². The Kier molecular flexibility index (Phi) is 5.73. The third kappa shape index (κ3) is 4.10. The number of fused-ring (bicyclic) bond motifs is 2. The molecule has 0 amide bonds. The number of rotatable bonds is 6. The Balaban J connectivity index is 1.74. The molecule has 0 bridgehead atoms. The van der Waals surface area contributed by atoms with Crippen molar-refractivity contribution in [3.8, 4) is 11.1 Å². The fourth-order valence-corrected chi connectivity index (χ4v) is 5.06. The number of hydrogen-bond donors (Lipinski definition) is 2. The van der Waals surface area contributed by atoms with Gasteiger partial charge in [0.2, 0.25) is 0 Å². The standard InChI is InChI=1S/C25H33N5OSi/c1-7-19(31-32(5,6)25(2,3)4)14-30-15-20(22-23(26)28-16-29-24(22)30)18-12-17-10-8-9-11-21(17)27-13-18/h7-13,15,19,29H,1,14,16H2,2-6H3,(H2,26,28)/t19-/m1/s1. The second-order valence-electron chi connectivity index (χ2n) is 9.87. The van der Waals surface area contributed by atoms with Gasteiger partial charge in [0.15, 0.2) is 8.32 Å². The first kappa shape index (κ1) is 22.3. The third-order valence-electron chi connectivity index (χ3n) is 6.62. The number of nitrogens with one attached hydrogen (secondary N) is 1. The van der Waals surface area contributed by atoms with E-state index in [1.807, 2.05) is 30.5 Å². The lowest BCUT2D eigenvalue weighted by atomic mass is 10.0. The maximum absolute atomic E-state index is 6.64. The van der Waals surface area contributed by atoms with E-state index in [1.165, 1.54) is 0 Å². The molecular weight excluding hydrogens is 414 g/mol. The molecule has 3 aromatic rings. The Bertz CT molecular complexity index is 1190. The number of para-hydroxylation sites is 1. The molecule has 0 aliphatic carbocycles. The highest BCUT2D eigenvalue weighted by Crippen LogP contribution is 2.38. The van der Waals surface area contributed by atoms with Crippen LogP contribution in [0.4, 0.5) is 5.82 Å². The molecule has 4 rings (SSSR count). The normalized spacial score (nSPS) is 15.1. The van der Waals surface area contributed by atoms with Gasteiger partial charge in [-0.1, -0.05) is 45.0 Å². The van der Waals surface area contributed by atoms with E-state index in [4.69, 9.17) is 10.2 Å². The van der Waals surface area contributed by atoms with Crippen molar-refractivity contribution >= 4 is 30.9 Å². The minimum absolute atomic E-state index is 0.100. The highest BCUT2D eigenvalue weighted by molar-refractivity contribution is 6.74. The number of pyridine rings is 1. The van der Waals surface area contributed by atoms with Gasteiger partial charge in [-0.05, 0) is 30.3 Å². The number of nitrogens with two attached hydrogens (primary N) is 1. The quantitative estimate of drug-likeness (QED) is 0.393. The van der Waals surface area contributed by atoms with Crippen LogP contribution in [0.1, 0.15) is 26.3 Å². The van der Waals surface area contributed by atoms with Crippen molar-refractivity contribution in [3.63, 3.8) is 0 Å². The number of hydrogen-bond acceptors (Lipinski definition) is 5. The molecule has 0 fully saturated rings. The number of nitrogens with zero attached hydrogens (tertiary/aromatic N) is 3. The molecule has 1 aliphatic rings. The maximum Gasteiger partial charge on any atom is 0.192 e. The SMILES string of the molecule is C=C[C@H](Cn1cc(-c2cnc3ccccc3c2)c2c1NCN=C2N)O[Si](C)(C)C(C)(C)C. The Morgan fingerprint density at radius 3 is 2.78 bits per heavy atom. The van der Waals surface area contributed by atoms with E-state index in [9.17, 15) is 0 Å². The van der Waals surface area contributed by atoms with Crippen molar-refractivity contribution in [1.82, 2.24) is 9.55 Å². The topological polar surface area (TPSA) is 77.5 Å². The summed E-state index contributed by atoms with van der Waals surface area (Å²) >= 11 is 0. The monoisotopic (exact) mass is 447 g/mol. The number of aromatic nitrogens is 2. The summed E-state index contributed by atoms with van der Waals surface area (Å²) in [7, 11) is -1.94. The van der Waals surface area contributed by atoms with E-state index in [0.717, 1.165) is 33.4 Å². The van der Waals surface area contributed by atoms with Crippen LogP contribution in [-0.4, -0.2) is 36.5 Å². The van der Waals surface area contributed by atoms with E-state index in [1.54, 1.807) is 0 Å². The maximum atomic E-state index is 6.64. The highest BCUT2D eigenvalue weighted by Gasteiger charge is 2.39. The molecule has 1 aromatic carbocycles. The molecule has 0 saturated carbocycles. The Morgan fingerprint density at radius 2 is 2.06 bits per heavy atom. The Morgan fingerprint density at radius 1 is 1.31 bits per heavy atom. The molecule has 3 N–H and O–H groups in total. The summed E-state index contributed by atoms with van der Waals surface area (Å²) in [6, 6.07) is 10.3. The molecule has 3 heterocycles. The zero-order valence-corrected chi connectivity index (χ0v) is 20.6. The van der Waals surface area contributed by atoms with Gasteiger partial charge in [0.1, 0.15) is 18.3 Å². The molecule has 0 spiro atoms. The summed E-state index contributed by atoms with van der Waals surface area (Å²) in [5.74, 6) is 1.51. The predicted molar refractivity (Wildman–Crippen MR) is 137 cm³/mol. The van der Waals surface area contributed by atoms with Crippen LogP contribution in [0, 0.1) is 0 Å². The van der Waals surface area contributed by atoms with Gasteiger partial charge >= 0.3 is 0 Å². The average Bonchev–Trinajstić information content (AvgIpc) is 3.11. The van der Waals surface area contributed by atoms with Crippen molar-refractivity contribution in [2.24, 2.45) is 10.7 Å². The number of anilines is 1. The van der Waals surface area contributed by atoms with Gasteiger partial charge in [-0.25, -0.2) is 4.99 Å². The summed E-state index contributed by atoms with van der Waals surface area (Å²) in [6.45, 7) is 16.5. The van der Waals surface area contributed by atoms with Crippen molar-refractivity contribution in [2.45, 2.75) is 51.6 Å². The van der Waals surface area contributed by atoms with Gasteiger partial charge < -0.3 is 20.0 Å². The van der Waals surface area contributed by atoms with Crippen LogP contribution in [0.25, 0.3) is 22.0 Å². The number of amidine groups is 1. The summed E-state index contributed by atoms with van der Waals surface area (Å²) in [5, 5.41) is 4.63.